The maximum atomic E-state index is 11.8. The lowest BCUT2D eigenvalue weighted by Crippen LogP contribution is -2.36. The van der Waals surface area contributed by atoms with Crippen molar-refractivity contribution in [3.8, 4) is 0 Å². The molecule has 0 saturated carbocycles. The van der Waals surface area contributed by atoms with Crippen molar-refractivity contribution in [2.75, 3.05) is 20.1 Å². The summed E-state index contributed by atoms with van der Waals surface area (Å²) in [4.78, 5) is 17.8. The Hall–Kier alpha value is -0.840. The van der Waals surface area contributed by atoms with Crippen LogP contribution in [0.2, 0.25) is 10.2 Å². The molecule has 0 atom stereocenters. The van der Waals surface area contributed by atoms with E-state index in [4.69, 9.17) is 23.2 Å². The zero-order valence-electron chi connectivity index (χ0n) is 10.7. The second kappa shape index (κ2) is 6.92. The summed E-state index contributed by atoms with van der Waals surface area (Å²) in [5.74, 6) is -0.196. The smallest absolute Gasteiger partial charge is 0.252 e. The first-order valence-corrected chi connectivity index (χ1v) is 6.47. The van der Waals surface area contributed by atoms with E-state index < -0.39 is 0 Å². The lowest BCUT2D eigenvalue weighted by molar-refractivity contribution is 0.0947. The van der Waals surface area contributed by atoms with Gasteiger partial charge in [-0.3, -0.25) is 4.79 Å². The van der Waals surface area contributed by atoms with E-state index in [1.807, 2.05) is 7.05 Å². The fourth-order valence-electron chi connectivity index (χ4n) is 1.25. The quantitative estimate of drug-likeness (QED) is 0.847. The van der Waals surface area contributed by atoms with Gasteiger partial charge < -0.3 is 10.2 Å². The van der Waals surface area contributed by atoms with Crippen LogP contribution in [0, 0.1) is 0 Å². The number of hydrogen-bond donors (Lipinski definition) is 1. The molecule has 0 aliphatic heterocycles. The summed E-state index contributed by atoms with van der Waals surface area (Å²) in [5, 5.41) is 3.29. The minimum atomic E-state index is -0.196. The Morgan fingerprint density at radius 1 is 1.50 bits per heavy atom. The van der Waals surface area contributed by atoms with Gasteiger partial charge in [-0.25, -0.2) is 4.98 Å². The standard InChI is InChI=1S/C12H17Cl2N3O/c1-8(2)17(3)5-4-15-12(18)9-6-10(13)11(14)16-7-9/h6-8H,4-5H2,1-3H3,(H,15,18). The third-order valence-corrected chi connectivity index (χ3v) is 3.38. The first kappa shape index (κ1) is 15.2. The van der Waals surface area contributed by atoms with E-state index >= 15 is 0 Å². The minimum Gasteiger partial charge on any atom is -0.351 e. The Morgan fingerprint density at radius 3 is 2.72 bits per heavy atom. The molecular formula is C12H17Cl2N3O. The molecule has 0 saturated heterocycles. The number of carbonyl (C=O) groups excluding carboxylic acids is 1. The summed E-state index contributed by atoms with van der Waals surface area (Å²) in [6.45, 7) is 5.57. The van der Waals surface area contributed by atoms with Crippen LogP contribution in [0.4, 0.5) is 0 Å². The van der Waals surface area contributed by atoms with Crippen molar-refractivity contribution in [3.63, 3.8) is 0 Å². The minimum absolute atomic E-state index is 0.196. The number of carbonyl (C=O) groups is 1. The van der Waals surface area contributed by atoms with Crippen LogP contribution in [0.15, 0.2) is 12.3 Å². The number of aromatic nitrogens is 1. The normalized spacial score (nSPS) is 11.1. The van der Waals surface area contributed by atoms with E-state index in [2.05, 4.69) is 29.0 Å². The highest BCUT2D eigenvalue weighted by molar-refractivity contribution is 6.41. The summed E-state index contributed by atoms with van der Waals surface area (Å²) >= 11 is 11.5. The first-order valence-electron chi connectivity index (χ1n) is 5.71. The zero-order valence-corrected chi connectivity index (χ0v) is 12.2. The number of nitrogens with one attached hydrogen (secondary N) is 1. The van der Waals surface area contributed by atoms with Crippen molar-refractivity contribution >= 4 is 29.1 Å². The molecule has 4 nitrogen and oxygen atoms in total. The van der Waals surface area contributed by atoms with Crippen molar-refractivity contribution in [2.45, 2.75) is 19.9 Å². The number of halogens is 2. The Labute approximate surface area is 117 Å². The van der Waals surface area contributed by atoms with Gasteiger partial charge in [-0.1, -0.05) is 23.2 Å². The molecule has 0 aromatic carbocycles. The number of pyridine rings is 1. The van der Waals surface area contributed by atoms with Gasteiger partial charge in [0.1, 0.15) is 5.15 Å². The van der Waals surface area contributed by atoms with E-state index in [0.29, 0.717) is 18.2 Å². The van der Waals surface area contributed by atoms with Crippen LogP contribution < -0.4 is 5.32 Å². The third kappa shape index (κ3) is 4.44. The van der Waals surface area contributed by atoms with Crippen molar-refractivity contribution in [1.29, 1.82) is 0 Å². The van der Waals surface area contributed by atoms with Gasteiger partial charge in [0, 0.05) is 25.3 Å². The van der Waals surface area contributed by atoms with Crippen LogP contribution in [-0.4, -0.2) is 42.0 Å². The van der Waals surface area contributed by atoms with Gasteiger partial charge in [0.05, 0.1) is 10.6 Å². The topological polar surface area (TPSA) is 45.2 Å². The maximum absolute atomic E-state index is 11.8. The molecule has 1 amide bonds. The van der Waals surface area contributed by atoms with E-state index in [1.165, 1.54) is 12.3 Å². The van der Waals surface area contributed by atoms with Crippen LogP contribution in [0.1, 0.15) is 24.2 Å². The summed E-state index contributed by atoms with van der Waals surface area (Å²) in [5.41, 5.74) is 0.414. The maximum Gasteiger partial charge on any atom is 0.252 e. The second-order valence-electron chi connectivity index (χ2n) is 4.33. The molecule has 0 aliphatic carbocycles. The molecule has 6 heteroatoms. The van der Waals surface area contributed by atoms with Gasteiger partial charge >= 0.3 is 0 Å². The van der Waals surface area contributed by atoms with E-state index in [0.717, 1.165) is 6.54 Å². The molecule has 18 heavy (non-hydrogen) atoms. The van der Waals surface area contributed by atoms with Crippen molar-refractivity contribution in [2.24, 2.45) is 0 Å². The van der Waals surface area contributed by atoms with Crippen LogP contribution in [-0.2, 0) is 0 Å². The molecule has 1 aromatic rings. The van der Waals surface area contributed by atoms with Crippen molar-refractivity contribution in [1.82, 2.24) is 15.2 Å². The Kier molecular flexibility index (Phi) is 5.85. The SMILES string of the molecule is CC(C)N(C)CCNC(=O)c1cnc(Cl)c(Cl)c1. The molecule has 100 valence electrons. The molecular weight excluding hydrogens is 273 g/mol. The number of rotatable bonds is 5. The van der Waals surface area contributed by atoms with Gasteiger partial charge in [-0.2, -0.15) is 0 Å². The molecule has 1 aromatic heterocycles. The highest BCUT2D eigenvalue weighted by Crippen LogP contribution is 2.19. The average molecular weight is 290 g/mol. The van der Waals surface area contributed by atoms with Crippen LogP contribution in [0.3, 0.4) is 0 Å². The van der Waals surface area contributed by atoms with Gasteiger partial charge in [0.2, 0.25) is 0 Å². The molecule has 0 aliphatic rings. The third-order valence-electron chi connectivity index (χ3n) is 2.69. The van der Waals surface area contributed by atoms with E-state index in [-0.39, 0.29) is 16.1 Å². The molecule has 0 spiro atoms. The lowest BCUT2D eigenvalue weighted by atomic mass is 10.2. The fourth-order valence-corrected chi connectivity index (χ4v) is 1.52. The van der Waals surface area contributed by atoms with Gasteiger partial charge in [-0.15, -0.1) is 0 Å². The second-order valence-corrected chi connectivity index (χ2v) is 5.09. The van der Waals surface area contributed by atoms with E-state index in [9.17, 15) is 4.79 Å². The number of hydrogen-bond acceptors (Lipinski definition) is 3. The van der Waals surface area contributed by atoms with Gasteiger partial charge in [0.15, 0.2) is 0 Å². The van der Waals surface area contributed by atoms with Crippen molar-refractivity contribution in [3.05, 3.63) is 28.0 Å². The molecule has 0 radical (unpaired) electrons. The molecule has 1 N–H and O–H groups in total. The summed E-state index contributed by atoms with van der Waals surface area (Å²) in [7, 11) is 2.01. The summed E-state index contributed by atoms with van der Waals surface area (Å²) < 4.78 is 0. The summed E-state index contributed by atoms with van der Waals surface area (Å²) in [6.07, 6.45) is 1.41. The number of likely N-dealkylation sites (N-methyl/N-ethyl adjacent to an activating group) is 1. The Bertz CT molecular complexity index is 424. The number of nitrogens with zero attached hydrogens (tertiary/aromatic N) is 2. The van der Waals surface area contributed by atoms with Gasteiger partial charge in [0.25, 0.3) is 5.91 Å². The van der Waals surface area contributed by atoms with Crippen LogP contribution >= 0.6 is 23.2 Å². The van der Waals surface area contributed by atoms with Crippen LogP contribution in [0.25, 0.3) is 0 Å². The lowest BCUT2D eigenvalue weighted by Gasteiger charge is -2.20. The largest absolute Gasteiger partial charge is 0.351 e. The highest BCUT2D eigenvalue weighted by atomic mass is 35.5. The number of amides is 1. The molecule has 0 fully saturated rings. The summed E-state index contributed by atoms with van der Waals surface area (Å²) in [6, 6.07) is 1.96. The molecule has 0 bridgehead atoms. The first-order chi connectivity index (χ1) is 8.41. The fraction of sp³-hybridized carbons (Fsp3) is 0.500. The predicted molar refractivity (Wildman–Crippen MR) is 74.4 cm³/mol. The monoisotopic (exact) mass is 289 g/mol. The predicted octanol–water partition coefficient (Wildman–Crippen LogP) is 2.46. The van der Waals surface area contributed by atoms with Crippen molar-refractivity contribution < 1.29 is 4.79 Å². The van der Waals surface area contributed by atoms with E-state index in [1.54, 1.807) is 0 Å². The van der Waals surface area contributed by atoms with Crippen LogP contribution in [0.5, 0.6) is 0 Å². The van der Waals surface area contributed by atoms with Gasteiger partial charge in [-0.05, 0) is 27.0 Å². The zero-order chi connectivity index (χ0) is 13.7. The molecule has 1 heterocycles. The molecule has 1 rings (SSSR count). The average Bonchev–Trinajstić information content (AvgIpc) is 2.32. The Balaban J connectivity index is 2.48. The Morgan fingerprint density at radius 2 is 2.17 bits per heavy atom. The highest BCUT2D eigenvalue weighted by Gasteiger charge is 2.09. The molecule has 0 unspecified atom stereocenters.